The van der Waals surface area contributed by atoms with Gasteiger partial charge in [0.05, 0.1) is 5.69 Å². The van der Waals surface area contributed by atoms with E-state index in [2.05, 4.69) is 10.3 Å². The molecule has 130 valence electrons. The highest BCUT2D eigenvalue weighted by atomic mass is 35.5. The van der Waals surface area contributed by atoms with Crippen LogP contribution in [0.15, 0.2) is 42.6 Å². The van der Waals surface area contributed by atoms with Crippen LogP contribution in [0.25, 0.3) is 0 Å². The quantitative estimate of drug-likeness (QED) is 0.462. The number of pyridine rings is 1. The van der Waals surface area contributed by atoms with E-state index in [0.717, 1.165) is 0 Å². The van der Waals surface area contributed by atoms with Gasteiger partial charge in [-0.3, -0.25) is 9.59 Å². The molecule has 2 rings (SSSR count). The third-order valence-electron chi connectivity index (χ3n) is 3.01. The van der Waals surface area contributed by atoms with Crippen LogP contribution in [0, 0.1) is 0 Å². The number of Topliss-reactive ketones (excluding diaryl/α,β-unsaturated/α-hetero) is 1. The second kappa shape index (κ2) is 8.79. The lowest BCUT2D eigenvalue weighted by molar-refractivity contribution is -0.149. The Balaban J connectivity index is 1.74. The summed E-state index contributed by atoms with van der Waals surface area (Å²) in [5, 5.41) is 2.61. The molecule has 0 spiro atoms. The molecule has 1 heterocycles. The van der Waals surface area contributed by atoms with Crippen LogP contribution in [0.4, 0.5) is 5.69 Å². The van der Waals surface area contributed by atoms with Gasteiger partial charge in [0, 0.05) is 11.8 Å². The Morgan fingerprint density at radius 2 is 1.84 bits per heavy atom. The minimum atomic E-state index is -0.705. The molecule has 8 heteroatoms. The van der Waals surface area contributed by atoms with Crippen LogP contribution in [-0.4, -0.2) is 35.9 Å². The third kappa shape index (κ3) is 5.89. The van der Waals surface area contributed by atoms with Gasteiger partial charge in [-0.2, -0.15) is 0 Å². The molecule has 1 N–H and O–H groups in total. The van der Waals surface area contributed by atoms with Crippen LogP contribution in [0.2, 0.25) is 5.15 Å². The molecule has 0 aliphatic heterocycles. The third-order valence-corrected chi connectivity index (χ3v) is 3.32. The first-order chi connectivity index (χ1) is 12.0. The summed E-state index contributed by atoms with van der Waals surface area (Å²) in [6, 6.07) is 9.51. The summed E-state index contributed by atoms with van der Waals surface area (Å²) < 4.78 is 10.0. The van der Waals surface area contributed by atoms with Gasteiger partial charge in [-0.05, 0) is 43.3 Å². The first-order valence-corrected chi connectivity index (χ1v) is 7.63. The first-order valence-electron chi connectivity index (χ1n) is 7.25. The number of ketones is 1. The smallest absolute Gasteiger partial charge is 0.344 e. The Kier molecular flexibility index (Phi) is 6.47. The number of esters is 1. The van der Waals surface area contributed by atoms with E-state index in [1.165, 1.54) is 13.1 Å². The first kappa shape index (κ1) is 18.4. The molecule has 0 saturated heterocycles. The van der Waals surface area contributed by atoms with Crippen molar-refractivity contribution in [3.05, 3.63) is 53.3 Å². The van der Waals surface area contributed by atoms with Crippen LogP contribution >= 0.6 is 11.6 Å². The highest BCUT2D eigenvalue weighted by molar-refractivity contribution is 6.32. The van der Waals surface area contributed by atoms with Gasteiger partial charge in [0.2, 0.25) is 0 Å². The van der Waals surface area contributed by atoms with Crippen molar-refractivity contribution in [2.24, 2.45) is 0 Å². The molecule has 1 aromatic heterocycles. The van der Waals surface area contributed by atoms with Crippen molar-refractivity contribution < 1.29 is 23.9 Å². The zero-order chi connectivity index (χ0) is 18.2. The van der Waals surface area contributed by atoms with Crippen molar-refractivity contribution in [1.29, 1.82) is 0 Å². The van der Waals surface area contributed by atoms with Crippen molar-refractivity contribution in [3.63, 3.8) is 0 Å². The summed E-state index contributed by atoms with van der Waals surface area (Å²) in [6.07, 6.45) is 1.48. The van der Waals surface area contributed by atoms with Gasteiger partial charge >= 0.3 is 5.97 Å². The number of anilines is 1. The fourth-order valence-electron chi connectivity index (χ4n) is 1.78. The summed E-state index contributed by atoms with van der Waals surface area (Å²) in [6.45, 7) is 0.619. The lowest BCUT2D eigenvalue weighted by Gasteiger charge is -2.08. The van der Waals surface area contributed by atoms with E-state index in [0.29, 0.717) is 17.0 Å². The van der Waals surface area contributed by atoms with Gasteiger partial charge in [-0.25, -0.2) is 9.78 Å². The minimum absolute atomic E-state index is 0.0642. The number of rotatable bonds is 7. The van der Waals surface area contributed by atoms with E-state index < -0.39 is 18.5 Å². The van der Waals surface area contributed by atoms with Gasteiger partial charge in [0.15, 0.2) is 24.2 Å². The molecule has 0 fully saturated rings. The van der Waals surface area contributed by atoms with Crippen LogP contribution in [0.5, 0.6) is 5.75 Å². The fourth-order valence-corrected chi connectivity index (χ4v) is 1.95. The van der Waals surface area contributed by atoms with E-state index >= 15 is 0 Å². The van der Waals surface area contributed by atoms with Crippen molar-refractivity contribution in [3.8, 4) is 5.75 Å². The maximum Gasteiger partial charge on any atom is 0.344 e. The number of carbonyl (C=O) groups excluding carboxylic acids is 3. The molecular formula is C17H15ClN2O5. The predicted octanol–water partition coefficient (Wildman–Crippen LogP) is 2.50. The van der Waals surface area contributed by atoms with E-state index in [-0.39, 0.29) is 17.5 Å². The number of ether oxygens (including phenoxy) is 2. The topological polar surface area (TPSA) is 94.6 Å². The van der Waals surface area contributed by atoms with Crippen LogP contribution in [0.3, 0.4) is 0 Å². The molecule has 0 bridgehead atoms. The Morgan fingerprint density at radius 1 is 1.12 bits per heavy atom. The van der Waals surface area contributed by atoms with E-state index in [1.807, 2.05) is 0 Å². The van der Waals surface area contributed by atoms with E-state index in [1.54, 1.807) is 36.4 Å². The van der Waals surface area contributed by atoms with Gasteiger partial charge in [0.1, 0.15) is 5.75 Å². The average Bonchev–Trinajstić information content (AvgIpc) is 2.60. The van der Waals surface area contributed by atoms with Crippen molar-refractivity contribution >= 4 is 34.9 Å². The summed E-state index contributed by atoms with van der Waals surface area (Å²) in [4.78, 5) is 38.3. The zero-order valence-electron chi connectivity index (χ0n) is 13.3. The summed E-state index contributed by atoms with van der Waals surface area (Å²) >= 11 is 5.80. The number of amides is 1. The molecule has 0 aliphatic rings. The second-order valence-corrected chi connectivity index (χ2v) is 5.28. The number of nitrogens with zero attached hydrogens (tertiary/aromatic N) is 1. The lowest BCUT2D eigenvalue weighted by Crippen LogP contribution is -2.23. The lowest BCUT2D eigenvalue weighted by atomic mass is 10.1. The number of carbonyl (C=O) groups is 3. The van der Waals surface area contributed by atoms with Gasteiger partial charge in [0.25, 0.3) is 5.91 Å². The Bertz CT molecular complexity index is 777. The van der Waals surface area contributed by atoms with Gasteiger partial charge in [-0.15, -0.1) is 0 Å². The molecule has 0 aliphatic carbocycles. The molecule has 2 aromatic rings. The monoisotopic (exact) mass is 362 g/mol. The van der Waals surface area contributed by atoms with Gasteiger partial charge < -0.3 is 14.8 Å². The summed E-state index contributed by atoms with van der Waals surface area (Å²) in [5.74, 6) is -0.906. The molecule has 0 unspecified atom stereocenters. The molecule has 25 heavy (non-hydrogen) atoms. The molecule has 0 atom stereocenters. The molecule has 0 saturated carbocycles. The Hall–Kier alpha value is -2.93. The maximum absolute atomic E-state index is 11.7. The van der Waals surface area contributed by atoms with Gasteiger partial charge in [-0.1, -0.05) is 11.6 Å². The van der Waals surface area contributed by atoms with E-state index in [4.69, 9.17) is 21.1 Å². The molecule has 1 aromatic carbocycles. The van der Waals surface area contributed by atoms with Crippen molar-refractivity contribution in [1.82, 2.24) is 4.98 Å². The zero-order valence-corrected chi connectivity index (χ0v) is 14.1. The normalized spacial score (nSPS) is 10.0. The highest BCUT2D eigenvalue weighted by Crippen LogP contribution is 2.17. The van der Waals surface area contributed by atoms with E-state index in [9.17, 15) is 14.4 Å². The molecule has 0 radical (unpaired) electrons. The molecular weight excluding hydrogens is 348 g/mol. The van der Waals surface area contributed by atoms with Crippen LogP contribution in [0.1, 0.15) is 17.3 Å². The number of hydrogen-bond donors (Lipinski definition) is 1. The minimum Gasteiger partial charge on any atom is -0.482 e. The molecule has 7 nitrogen and oxygen atoms in total. The van der Waals surface area contributed by atoms with Crippen molar-refractivity contribution in [2.45, 2.75) is 6.92 Å². The largest absolute Gasteiger partial charge is 0.482 e. The number of benzene rings is 1. The predicted molar refractivity (Wildman–Crippen MR) is 90.8 cm³/mol. The van der Waals surface area contributed by atoms with Crippen LogP contribution < -0.4 is 10.1 Å². The second-order valence-electron chi connectivity index (χ2n) is 4.92. The standard InChI is InChI=1S/C17H15ClN2O5/c1-11(21)12-4-6-13(7-5-12)24-10-16(23)25-9-15(22)20-14-3-2-8-19-17(14)18/h2-8H,9-10H2,1H3,(H,20,22). The number of nitrogens with one attached hydrogen (secondary N) is 1. The number of hydrogen-bond acceptors (Lipinski definition) is 6. The number of aromatic nitrogens is 1. The fraction of sp³-hybridized carbons (Fsp3) is 0.176. The highest BCUT2D eigenvalue weighted by Gasteiger charge is 2.10. The summed E-state index contributed by atoms with van der Waals surface area (Å²) in [7, 11) is 0. The maximum atomic E-state index is 11.7. The average molecular weight is 363 g/mol. The van der Waals surface area contributed by atoms with Crippen LogP contribution in [-0.2, 0) is 14.3 Å². The Morgan fingerprint density at radius 3 is 2.48 bits per heavy atom. The summed E-state index contributed by atoms with van der Waals surface area (Å²) in [5.41, 5.74) is 0.868. The SMILES string of the molecule is CC(=O)c1ccc(OCC(=O)OCC(=O)Nc2cccnc2Cl)cc1. The molecule has 1 amide bonds. The Labute approximate surface area is 148 Å². The number of halogens is 1. The van der Waals surface area contributed by atoms with Crippen molar-refractivity contribution in [2.75, 3.05) is 18.5 Å².